The smallest absolute Gasteiger partial charge is 0.265 e. The Bertz CT molecular complexity index is 654. The van der Waals surface area contributed by atoms with Gasteiger partial charge in [-0.2, -0.15) is 0 Å². The average Bonchev–Trinajstić information content (AvgIpc) is 2.93. The van der Waals surface area contributed by atoms with Crippen molar-refractivity contribution in [3.63, 3.8) is 0 Å². The molecule has 21 heavy (non-hydrogen) atoms. The second kappa shape index (κ2) is 5.41. The molecule has 8 nitrogen and oxygen atoms in total. The molecular weight excluding hydrogens is 298 g/mol. The predicted octanol–water partition coefficient (Wildman–Crippen LogP) is -1.06. The van der Waals surface area contributed by atoms with Crippen molar-refractivity contribution in [2.75, 3.05) is 13.2 Å². The largest absolute Gasteiger partial charge is 0.386 e. The van der Waals surface area contributed by atoms with Gasteiger partial charge >= 0.3 is 0 Å². The first-order valence-corrected chi connectivity index (χ1v) is 7.94. The molecule has 0 aliphatic carbocycles. The molecule has 1 fully saturated rings. The summed E-state index contributed by atoms with van der Waals surface area (Å²) in [5, 5.41) is 10.3. The third-order valence-electron chi connectivity index (χ3n) is 3.77. The zero-order valence-electron chi connectivity index (χ0n) is 11.9. The summed E-state index contributed by atoms with van der Waals surface area (Å²) in [6, 6.07) is 1.20. The highest BCUT2D eigenvalue weighted by Gasteiger charge is 2.40. The maximum absolute atomic E-state index is 12.2. The molecule has 118 valence electrons. The van der Waals surface area contributed by atoms with Crippen LogP contribution in [0.3, 0.4) is 0 Å². The van der Waals surface area contributed by atoms with Crippen molar-refractivity contribution in [3.05, 3.63) is 18.0 Å². The van der Waals surface area contributed by atoms with Crippen molar-refractivity contribution in [3.8, 4) is 0 Å². The number of nitrogens with zero attached hydrogens (tertiary/aromatic N) is 1. The number of amides is 1. The normalized spacial score (nSPS) is 26.1. The summed E-state index contributed by atoms with van der Waals surface area (Å²) in [6.45, 7) is 1.92. The van der Waals surface area contributed by atoms with Crippen LogP contribution in [0.2, 0.25) is 0 Å². The monoisotopic (exact) mass is 317 g/mol. The highest BCUT2D eigenvalue weighted by atomic mass is 32.2. The van der Waals surface area contributed by atoms with Gasteiger partial charge in [-0.3, -0.25) is 4.79 Å². The minimum Gasteiger partial charge on any atom is -0.386 e. The van der Waals surface area contributed by atoms with Crippen LogP contribution in [0.5, 0.6) is 0 Å². The number of ether oxygens (including phenoxy) is 1. The highest BCUT2D eigenvalue weighted by molar-refractivity contribution is 7.89. The van der Waals surface area contributed by atoms with E-state index in [2.05, 4.69) is 4.72 Å². The summed E-state index contributed by atoms with van der Waals surface area (Å²) in [7, 11) is -2.31. The average molecular weight is 317 g/mol. The molecule has 1 saturated heterocycles. The van der Waals surface area contributed by atoms with E-state index >= 15 is 0 Å². The number of nitrogens with two attached hydrogens (primary N) is 1. The molecule has 0 aromatic carbocycles. The summed E-state index contributed by atoms with van der Waals surface area (Å²) < 4.78 is 33.3. The van der Waals surface area contributed by atoms with Crippen molar-refractivity contribution in [1.29, 1.82) is 0 Å². The Morgan fingerprint density at radius 2 is 2.33 bits per heavy atom. The Labute approximate surface area is 122 Å². The molecule has 1 aliphatic rings. The Kier molecular flexibility index (Phi) is 4.11. The molecule has 0 spiro atoms. The van der Waals surface area contributed by atoms with E-state index in [1.807, 2.05) is 0 Å². The molecule has 2 heterocycles. The number of aromatic nitrogens is 1. The van der Waals surface area contributed by atoms with Gasteiger partial charge in [-0.15, -0.1) is 0 Å². The molecule has 2 unspecified atom stereocenters. The molecule has 0 bridgehead atoms. The number of hydrogen-bond donors (Lipinski definition) is 3. The standard InChI is InChI=1S/C12H19N3O5S/c1-8-12(17,3-4-20-8)7-14-21(18,19)9-5-10(11(13)16)15(2)6-9/h5-6,8,14,17H,3-4,7H2,1-2H3,(H2,13,16). The van der Waals surface area contributed by atoms with Crippen molar-refractivity contribution in [2.45, 2.75) is 29.9 Å². The van der Waals surface area contributed by atoms with Gasteiger partial charge in [0.2, 0.25) is 10.0 Å². The van der Waals surface area contributed by atoms with Gasteiger partial charge in [0, 0.05) is 32.8 Å². The maximum Gasteiger partial charge on any atom is 0.265 e. The quantitative estimate of drug-likeness (QED) is 0.639. The Morgan fingerprint density at radius 3 is 2.81 bits per heavy atom. The molecule has 9 heteroatoms. The van der Waals surface area contributed by atoms with E-state index in [0.29, 0.717) is 13.0 Å². The van der Waals surface area contributed by atoms with E-state index < -0.39 is 27.6 Å². The van der Waals surface area contributed by atoms with Gasteiger partial charge in [0.15, 0.2) is 0 Å². The van der Waals surface area contributed by atoms with Crippen molar-refractivity contribution < 1.29 is 23.1 Å². The number of nitrogens with one attached hydrogen (secondary N) is 1. The predicted molar refractivity (Wildman–Crippen MR) is 74.1 cm³/mol. The Hall–Kier alpha value is -1.42. The minimum atomic E-state index is -3.84. The number of carbonyl (C=O) groups is 1. The molecule has 1 aromatic rings. The van der Waals surface area contributed by atoms with E-state index in [0.717, 1.165) is 0 Å². The summed E-state index contributed by atoms with van der Waals surface area (Å²) in [5.74, 6) is -0.713. The number of hydrogen-bond acceptors (Lipinski definition) is 5. The van der Waals surface area contributed by atoms with Gasteiger partial charge in [-0.25, -0.2) is 13.1 Å². The number of aliphatic hydroxyl groups is 1. The third kappa shape index (κ3) is 3.10. The van der Waals surface area contributed by atoms with Crippen LogP contribution in [0, 0.1) is 0 Å². The number of rotatable bonds is 5. The summed E-state index contributed by atoms with van der Waals surface area (Å²) in [5.41, 5.74) is 4.01. The van der Waals surface area contributed by atoms with Gasteiger partial charge in [0.25, 0.3) is 5.91 Å². The lowest BCUT2D eigenvalue weighted by Gasteiger charge is -2.25. The highest BCUT2D eigenvalue weighted by Crippen LogP contribution is 2.25. The first-order valence-electron chi connectivity index (χ1n) is 6.45. The second-order valence-electron chi connectivity index (χ2n) is 5.23. The fourth-order valence-electron chi connectivity index (χ4n) is 2.23. The van der Waals surface area contributed by atoms with Crippen LogP contribution in [-0.4, -0.2) is 48.9 Å². The van der Waals surface area contributed by atoms with Crippen LogP contribution in [0.25, 0.3) is 0 Å². The maximum atomic E-state index is 12.2. The second-order valence-corrected chi connectivity index (χ2v) is 6.99. The topological polar surface area (TPSA) is 124 Å². The number of sulfonamides is 1. The van der Waals surface area contributed by atoms with Crippen LogP contribution < -0.4 is 10.5 Å². The number of primary amides is 1. The lowest BCUT2D eigenvalue weighted by Crippen LogP contribution is -2.47. The van der Waals surface area contributed by atoms with Crippen molar-refractivity contribution >= 4 is 15.9 Å². The first-order chi connectivity index (χ1) is 9.66. The molecule has 0 radical (unpaired) electrons. The lowest BCUT2D eigenvalue weighted by atomic mass is 9.97. The molecule has 2 rings (SSSR count). The zero-order chi connectivity index (χ0) is 15.8. The van der Waals surface area contributed by atoms with Crippen molar-refractivity contribution in [2.24, 2.45) is 12.8 Å². The van der Waals surface area contributed by atoms with Crippen LogP contribution >= 0.6 is 0 Å². The molecule has 2 atom stereocenters. The number of aryl methyl sites for hydroxylation is 1. The van der Waals surface area contributed by atoms with Gasteiger partial charge in [0.05, 0.1) is 6.10 Å². The molecule has 0 saturated carbocycles. The molecule has 1 aromatic heterocycles. The van der Waals surface area contributed by atoms with Crippen LogP contribution in [0.1, 0.15) is 23.8 Å². The lowest BCUT2D eigenvalue weighted by molar-refractivity contribution is -0.0228. The van der Waals surface area contributed by atoms with E-state index in [-0.39, 0.29) is 17.1 Å². The molecule has 1 amide bonds. The summed E-state index contributed by atoms with van der Waals surface area (Å²) >= 11 is 0. The van der Waals surface area contributed by atoms with Gasteiger partial charge in [-0.05, 0) is 13.0 Å². The Morgan fingerprint density at radius 1 is 1.67 bits per heavy atom. The van der Waals surface area contributed by atoms with Gasteiger partial charge < -0.3 is 20.1 Å². The fourth-order valence-corrected chi connectivity index (χ4v) is 3.40. The Balaban J connectivity index is 2.15. The SMILES string of the molecule is CC1OCCC1(O)CNS(=O)(=O)c1cc(C(N)=O)n(C)c1. The fraction of sp³-hybridized carbons (Fsp3) is 0.583. The van der Waals surface area contributed by atoms with Crippen LogP contribution in [0.15, 0.2) is 17.2 Å². The molecular formula is C12H19N3O5S. The molecule has 4 N–H and O–H groups in total. The summed E-state index contributed by atoms with van der Waals surface area (Å²) in [6.07, 6.45) is 1.20. The van der Waals surface area contributed by atoms with E-state index in [1.165, 1.54) is 23.9 Å². The van der Waals surface area contributed by atoms with E-state index in [9.17, 15) is 18.3 Å². The van der Waals surface area contributed by atoms with Gasteiger partial charge in [-0.1, -0.05) is 0 Å². The van der Waals surface area contributed by atoms with Crippen LogP contribution in [0.4, 0.5) is 0 Å². The summed E-state index contributed by atoms with van der Waals surface area (Å²) in [4.78, 5) is 11.1. The third-order valence-corrected chi connectivity index (χ3v) is 5.14. The zero-order valence-corrected chi connectivity index (χ0v) is 12.7. The number of carbonyl (C=O) groups excluding carboxylic acids is 1. The molecule has 1 aliphatic heterocycles. The van der Waals surface area contributed by atoms with E-state index in [1.54, 1.807) is 6.92 Å². The minimum absolute atomic E-state index is 0.0750. The van der Waals surface area contributed by atoms with Crippen molar-refractivity contribution in [1.82, 2.24) is 9.29 Å². The van der Waals surface area contributed by atoms with Gasteiger partial charge in [0.1, 0.15) is 16.2 Å². The van der Waals surface area contributed by atoms with Crippen LogP contribution in [-0.2, 0) is 21.8 Å². The first kappa shape index (κ1) is 16.0. The van der Waals surface area contributed by atoms with E-state index in [4.69, 9.17) is 10.5 Å².